The molecular formula is C25H30O4S. The van der Waals surface area contributed by atoms with Crippen LogP contribution in [0.4, 0.5) is 0 Å². The van der Waals surface area contributed by atoms with Crippen LogP contribution in [0.5, 0.6) is 5.75 Å². The fourth-order valence-corrected chi connectivity index (χ4v) is 3.84. The first kappa shape index (κ1) is 23.8. The second kappa shape index (κ2) is 9.55. The minimum absolute atomic E-state index is 0.0383. The van der Waals surface area contributed by atoms with Crippen molar-refractivity contribution in [3.63, 3.8) is 0 Å². The molecule has 2 unspecified atom stereocenters. The Kier molecular flexibility index (Phi) is 7.57. The summed E-state index contributed by atoms with van der Waals surface area (Å²) in [5.41, 5.74) is 3.05. The number of benzene rings is 2. The van der Waals surface area contributed by atoms with Crippen molar-refractivity contribution in [1.82, 2.24) is 0 Å². The van der Waals surface area contributed by atoms with Crippen LogP contribution in [-0.2, 0) is 9.59 Å². The number of carbonyl (C=O) groups excluding carboxylic acids is 1. The Bertz CT molecular complexity index is 946. The Labute approximate surface area is 183 Å². The number of carboxylic acid groups (broad SMARTS) is 1. The molecule has 0 aliphatic carbocycles. The fourth-order valence-electron chi connectivity index (χ4n) is 3.43. The molecule has 0 spiro atoms. The van der Waals surface area contributed by atoms with Crippen LogP contribution < -0.4 is 4.74 Å². The lowest BCUT2D eigenvalue weighted by atomic mass is 9.81. The molecule has 5 heteroatoms. The lowest BCUT2D eigenvalue weighted by molar-refractivity contribution is -0.152. The van der Waals surface area contributed by atoms with Crippen LogP contribution in [0.2, 0.25) is 0 Å². The number of ether oxygens (including phenoxy) is 1. The minimum atomic E-state index is -1.31. The van der Waals surface area contributed by atoms with Crippen molar-refractivity contribution < 1.29 is 19.4 Å². The average molecular weight is 427 g/mol. The first-order valence-corrected chi connectivity index (χ1v) is 11.2. The highest BCUT2D eigenvalue weighted by Gasteiger charge is 2.31. The molecule has 160 valence electrons. The average Bonchev–Trinajstić information content (AvgIpc) is 2.70. The van der Waals surface area contributed by atoms with E-state index in [1.54, 1.807) is 11.8 Å². The molecule has 0 radical (unpaired) electrons. The van der Waals surface area contributed by atoms with Gasteiger partial charge in [-0.15, -0.1) is 11.8 Å². The van der Waals surface area contributed by atoms with Gasteiger partial charge in [-0.3, -0.25) is 0 Å². The number of allylic oxidation sites excluding steroid dienone is 1. The zero-order chi connectivity index (χ0) is 22.6. The SMILES string of the molecule is CSc1ccc(C(=C=O)C(C)C(C)c2cc(C)c(OC(C)(C)C(=O)O)c(C)c2)cc1. The van der Waals surface area contributed by atoms with Gasteiger partial charge in [-0.25, -0.2) is 9.59 Å². The normalized spacial score (nSPS) is 13.3. The summed E-state index contributed by atoms with van der Waals surface area (Å²) in [5.74, 6) is 1.77. The van der Waals surface area contributed by atoms with Gasteiger partial charge in [0, 0.05) is 10.5 Å². The highest BCUT2D eigenvalue weighted by molar-refractivity contribution is 7.98. The molecule has 0 aliphatic heterocycles. The summed E-state index contributed by atoms with van der Waals surface area (Å²) < 4.78 is 5.81. The van der Waals surface area contributed by atoms with Gasteiger partial charge in [0.2, 0.25) is 0 Å². The van der Waals surface area contributed by atoms with E-state index < -0.39 is 11.6 Å². The number of aliphatic carboxylic acids is 1. The molecule has 1 N–H and O–H groups in total. The zero-order valence-corrected chi connectivity index (χ0v) is 19.5. The van der Waals surface area contributed by atoms with Crippen molar-refractivity contribution in [1.29, 1.82) is 0 Å². The summed E-state index contributed by atoms with van der Waals surface area (Å²) in [5, 5.41) is 9.36. The number of hydrogen-bond donors (Lipinski definition) is 1. The van der Waals surface area contributed by atoms with Crippen LogP contribution in [-0.4, -0.2) is 28.9 Å². The second-order valence-electron chi connectivity index (χ2n) is 8.22. The topological polar surface area (TPSA) is 63.6 Å². The summed E-state index contributed by atoms with van der Waals surface area (Å²) in [4.78, 5) is 24.4. The predicted octanol–water partition coefficient (Wildman–Crippen LogP) is 5.92. The molecule has 0 saturated heterocycles. The van der Waals surface area contributed by atoms with Gasteiger partial charge in [0.15, 0.2) is 5.60 Å². The van der Waals surface area contributed by atoms with Gasteiger partial charge in [0.25, 0.3) is 0 Å². The predicted molar refractivity (Wildman–Crippen MR) is 123 cm³/mol. The van der Waals surface area contributed by atoms with E-state index in [0.29, 0.717) is 11.3 Å². The number of rotatable bonds is 8. The summed E-state index contributed by atoms with van der Waals surface area (Å²) in [7, 11) is 0. The van der Waals surface area contributed by atoms with Crippen LogP contribution in [0.1, 0.15) is 55.9 Å². The van der Waals surface area contributed by atoms with Gasteiger partial charge in [-0.05, 0) is 80.2 Å². The summed E-state index contributed by atoms with van der Waals surface area (Å²) in [6, 6.07) is 12.0. The van der Waals surface area contributed by atoms with E-state index in [9.17, 15) is 14.7 Å². The molecule has 4 nitrogen and oxygen atoms in total. The maximum absolute atomic E-state index is 11.8. The van der Waals surface area contributed by atoms with E-state index in [4.69, 9.17) is 4.74 Å². The van der Waals surface area contributed by atoms with Crippen molar-refractivity contribution >= 4 is 29.2 Å². The number of aryl methyl sites for hydroxylation is 2. The molecule has 2 rings (SSSR count). The van der Waals surface area contributed by atoms with E-state index in [2.05, 4.69) is 12.9 Å². The van der Waals surface area contributed by atoms with Crippen molar-refractivity contribution in [2.75, 3.05) is 6.26 Å². The molecule has 2 aromatic carbocycles. The molecule has 30 heavy (non-hydrogen) atoms. The molecule has 2 aromatic rings. The highest BCUT2D eigenvalue weighted by atomic mass is 32.2. The Morgan fingerprint density at radius 2 is 1.63 bits per heavy atom. The van der Waals surface area contributed by atoms with Crippen LogP contribution in [0.15, 0.2) is 41.3 Å². The quantitative estimate of drug-likeness (QED) is 0.419. The van der Waals surface area contributed by atoms with Gasteiger partial charge >= 0.3 is 5.97 Å². The van der Waals surface area contributed by atoms with Crippen molar-refractivity contribution in [3.05, 3.63) is 58.7 Å². The Balaban J connectivity index is 2.34. The molecule has 0 aliphatic rings. The van der Waals surface area contributed by atoms with E-state index in [0.717, 1.165) is 27.1 Å². The number of carbonyl (C=O) groups is 1. The van der Waals surface area contributed by atoms with Gasteiger partial charge in [-0.2, -0.15) is 0 Å². The Morgan fingerprint density at radius 1 is 1.10 bits per heavy atom. The van der Waals surface area contributed by atoms with Gasteiger partial charge in [-0.1, -0.05) is 38.1 Å². The lowest BCUT2D eigenvalue weighted by Crippen LogP contribution is -2.38. The second-order valence-corrected chi connectivity index (χ2v) is 9.10. The third-order valence-electron chi connectivity index (χ3n) is 5.60. The summed E-state index contributed by atoms with van der Waals surface area (Å²) in [6.07, 6.45) is 2.02. The number of thioether (sulfide) groups is 1. The molecule has 0 fully saturated rings. The molecule has 2 atom stereocenters. The largest absolute Gasteiger partial charge is 0.478 e. The Morgan fingerprint density at radius 3 is 2.07 bits per heavy atom. The van der Waals surface area contributed by atoms with E-state index in [1.165, 1.54) is 13.8 Å². The third-order valence-corrected chi connectivity index (χ3v) is 6.34. The minimum Gasteiger partial charge on any atom is -0.478 e. The van der Waals surface area contributed by atoms with Crippen LogP contribution in [0, 0.1) is 19.8 Å². The molecule has 0 saturated carbocycles. The summed E-state index contributed by atoms with van der Waals surface area (Å²) in [6.45, 7) is 11.0. The van der Waals surface area contributed by atoms with Crippen LogP contribution >= 0.6 is 11.8 Å². The molecule has 0 aromatic heterocycles. The maximum atomic E-state index is 11.8. The highest BCUT2D eigenvalue weighted by Crippen LogP contribution is 2.37. The van der Waals surface area contributed by atoms with Gasteiger partial charge < -0.3 is 9.84 Å². The third kappa shape index (κ3) is 5.16. The first-order chi connectivity index (χ1) is 14.0. The maximum Gasteiger partial charge on any atom is 0.347 e. The number of hydrogen-bond acceptors (Lipinski definition) is 4. The molecule has 0 heterocycles. The van der Waals surface area contributed by atoms with Gasteiger partial charge in [0.05, 0.1) is 0 Å². The zero-order valence-electron chi connectivity index (χ0n) is 18.7. The van der Waals surface area contributed by atoms with E-state index in [-0.39, 0.29) is 11.8 Å². The standard InChI is InChI=1S/C25H30O4S/c1-15-12-20(13-16(2)23(15)29-25(5,6)24(27)28)17(3)18(4)22(14-26)19-8-10-21(30-7)11-9-19/h8-13,17-18H,1-7H3,(H,27,28). The van der Waals surface area contributed by atoms with Crippen molar-refractivity contribution in [2.24, 2.45) is 5.92 Å². The fraction of sp³-hybridized carbons (Fsp3) is 0.400. The smallest absolute Gasteiger partial charge is 0.347 e. The lowest BCUT2D eigenvalue weighted by Gasteiger charge is -2.26. The summed E-state index contributed by atoms with van der Waals surface area (Å²) >= 11 is 1.66. The van der Waals surface area contributed by atoms with E-state index >= 15 is 0 Å². The number of carboxylic acids is 1. The first-order valence-electron chi connectivity index (χ1n) is 9.94. The Hall–Kier alpha value is -2.49. The molecular weight excluding hydrogens is 396 g/mol. The van der Waals surface area contributed by atoms with Crippen LogP contribution in [0.25, 0.3) is 5.57 Å². The van der Waals surface area contributed by atoms with Gasteiger partial charge in [0.1, 0.15) is 11.7 Å². The van der Waals surface area contributed by atoms with E-state index in [1.807, 2.05) is 63.4 Å². The van der Waals surface area contributed by atoms with Crippen molar-refractivity contribution in [3.8, 4) is 5.75 Å². The van der Waals surface area contributed by atoms with Crippen molar-refractivity contribution in [2.45, 2.75) is 58.0 Å². The molecule has 0 amide bonds. The monoisotopic (exact) mass is 426 g/mol. The molecule has 0 bridgehead atoms. The van der Waals surface area contributed by atoms with Crippen LogP contribution in [0.3, 0.4) is 0 Å².